The van der Waals surface area contributed by atoms with Crippen LogP contribution in [-0.2, 0) is 21.4 Å². The van der Waals surface area contributed by atoms with Crippen LogP contribution < -0.4 is 0 Å². The molecule has 0 aliphatic carbocycles. The van der Waals surface area contributed by atoms with Gasteiger partial charge in [-0.15, -0.1) is 0 Å². The Morgan fingerprint density at radius 1 is 1.50 bits per heavy atom. The smallest absolute Gasteiger partial charge is 0.322 e. The normalized spacial score (nSPS) is 17.6. The molecule has 1 aliphatic rings. The molecule has 2 rings (SSSR count). The van der Waals surface area contributed by atoms with E-state index in [-0.39, 0.29) is 13.2 Å². The number of aryl methyl sites for hydroxylation is 1. The number of rotatable bonds is 4. The maximum Gasteiger partial charge on any atom is 0.322 e. The molecule has 0 bridgehead atoms. The van der Waals surface area contributed by atoms with E-state index in [1.165, 1.54) is 0 Å². The lowest BCUT2D eigenvalue weighted by Crippen LogP contribution is -2.54. The lowest BCUT2D eigenvalue weighted by Gasteiger charge is -2.36. The lowest BCUT2D eigenvalue weighted by molar-refractivity contribution is -0.164. The number of hydrogen-bond acceptors (Lipinski definition) is 4. The van der Waals surface area contributed by atoms with Crippen molar-refractivity contribution in [1.29, 1.82) is 0 Å². The molecule has 1 N–H and O–H groups in total. The summed E-state index contributed by atoms with van der Waals surface area (Å²) in [5, 5.41) is 9.34. The molecular formula is C13H18N2O3. The monoisotopic (exact) mass is 250 g/mol. The molecule has 1 aliphatic heterocycles. The summed E-state index contributed by atoms with van der Waals surface area (Å²) in [6.45, 7) is 6.40. The molecule has 1 fully saturated rings. The topological polar surface area (TPSA) is 72.3 Å². The third-order valence-corrected chi connectivity index (χ3v) is 3.06. The first-order valence-electron chi connectivity index (χ1n) is 6.10. The van der Waals surface area contributed by atoms with Gasteiger partial charge in [-0.1, -0.05) is 13.8 Å². The van der Waals surface area contributed by atoms with Crippen LogP contribution >= 0.6 is 0 Å². The van der Waals surface area contributed by atoms with Crippen LogP contribution in [0.1, 0.15) is 31.1 Å². The van der Waals surface area contributed by atoms with Crippen LogP contribution in [0.2, 0.25) is 0 Å². The highest BCUT2D eigenvalue weighted by Crippen LogP contribution is 2.30. The van der Waals surface area contributed by atoms with E-state index in [0.29, 0.717) is 11.7 Å². The van der Waals surface area contributed by atoms with Gasteiger partial charge >= 0.3 is 5.97 Å². The highest BCUT2D eigenvalue weighted by Gasteiger charge is 2.50. The first-order chi connectivity index (χ1) is 8.44. The van der Waals surface area contributed by atoms with Crippen molar-refractivity contribution in [1.82, 2.24) is 9.97 Å². The predicted molar refractivity (Wildman–Crippen MR) is 65.4 cm³/mol. The second-order valence-electron chi connectivity index (χ2n) is 5.30. The van der Waals surface area contributed by atoms with E-state index in [1.54, 1.807) is 0 Å². The van der Waals surface area contributed by atoms with E-state index in [0.717, 1.165) is 17.8 Å². The SMILES string of the molecule is Cc1cc(CC(C)C)nc(C2(C(=O)O)COC2)n1. The zero-order chi connectivity index (χ0) is 13.3. The number of nitrogens with zero attached hydrogens (tertiary/aromatic N) is 2. The summed E-state index contributed by atoms with van der Waals surface area (Å²) in [5.41, 5.74) is 0.667. The van der Waals surface area contributed by atoms with Crippen LogP contribution in [0, 0.1) is 12.8 Å². The summed E-state index contributed by atoms with van der Waals surface area (Å²) in [6, 6.07) is 1.92. The Morgan fingerprint density at radius 2 is 2.17 bits per heavy atom. The standard InChI is InChI=1S/C13H18N2O3/c1-8(2)4-10-5-9(3)14-11(15-10)13(12(16)17)6-18-7-13/h5,8H,4,6-7H2,1-3H3,(H,16,17). The molecule has 5 heteroatoms. The molecule has 0 spiro atoms. The Bertz CT molecular complexity index is 467. The van der Waals surface area contributed by atoms with Gasteiger partial charge in [-0.3, -0.25) is 4.79 Å². The molecule has 1 saturated heterocycles. The first-order valence-corrected chi connectivity index (χ1v) is 6.10. The van der Waals surface area contributed by atoms with Crippen molar-refractivity contribution >= 4 is 5.97 Å². The summed E-state index contributed by atoms with van der Waals surface area (Å²) >= 11 is 0. The lowest BCUT2D eigenvalue weighted by atomic mass is 9.85. The van der Waals surface area contributed by atoms with Crippen LogP contribution in [0.5, 0.6) is 0 Å². The molecule has 1 aromatic heterocycles. The molecule has 0 aromatic carbocycles. The summed E-state index contributed by atoms with van der Waals surface area (Å²) < 4.78 is 5.05. The Kier molecular flexibility index (Phi) is 3.34. The number of hydrogen-bond donors (Lipinski definition) is 1. The summed E-state index contributed by atoms with van der Waals surface area (Å²) in [4.78, 5) is 20.1. The Labute approximate surface area is 106 Å². The zero-order valence-corrected chi connectivity index (χ0v) is 10.9. The van der Waals surface area contributed by atoms with E-state index in [9.17, 15) is 9.90 Å². The van der Waals surface area contributed by atoms with Gasteiger partial charge < -0.3 is 9.84 Å². The molecule has 5 nitrogen and oxygen atoms in total. The minimum absolute atomic E-state index is 0.160. The van der Waals surface area contributed by atoms with E-state index in [2.05, 4.69) is 23.8 Å². The fraction of sp³-hybridized carbons (Fsp3) is 0.615. The Hall–Kier alpha value is -1.49. The molecule has 0 atom stereocenters. The van der Waals surface area contributed by atoms with Gasteiger partial charge in [-0.05, 0) is 25.3 Å². The number of aromatic nitrogens is 2. The van der Waals surface area contributed by atoms with Crippen molar-refractivity contribution in [2.24, 2.45) is 5.92 Å². The van der Waals surface area contributed by atoms with Crippen LogP contribution in [0.3, 0.4) is 0 Å². The molecular weight excluding hydrogens is 232 g/mol. The number of carboxylic acid groups (broad SMARTS) is 1. The van der Waals surface area contributed by atoms with Crippen molar-refractivity contribution in [3.63, 3.8) is 0 Å². The van der Waals surface area contributed by atoms with Crippen LogP contribution in [0.4, 0.5) is 0 Å². The predicted octanol–water partition coefficient (Wildman–Crippen LogP) is 1.34. The van der Waals surface area contributed by atoms with Gasteiger partial charge in [0.1, 0.15) is 0 Å². The average Bonchev–Trinajstić information content (AvgIpc) is 2.12. The minimum atomic E-state index is -1.04. The van der Waals surface area contributed by atoms with Crippen LogP contribution in [0.15, 0.2) is 6.07 Å². The number of ether oxygens (including phenoxy) is 1. The van der Waals surface area contributed by atoms with Gasteiger partial charge in [0.05, 0.1) is 13.2 Å². The summed E-state index contributed by atoms with van der Waals surface area (Å²) in [7, 11) is 0. The maximum atomic E-state index is 11.4. The number of carboxylic acids is 1. The van der Waals surface area contributed by atoms with E-state index in [1.807, 2.05) is 13.0 Å². The first kappa shape index (κ1) is 13.0. The van der Waals surface area contributed by atoms with Gasteiger partial charge in [-0.2, -0.15) is 0 Å². The van der Waals surface area contributed by atoms with E-state index >= 15 is 0 Å². The molecule has 1 aromatic rings. The van der Waals surface area contributed by atoms with Gasteiger partial charge in [0, 0.05) is 11.4 Å². The highest BCUT2D eigenvalue weighted by molar-refractivity contribution is 5.81. The van der Waals surface area contributed by atoms with E-state index in [4.69, 9.17) is 4.74 Å². The van der Waals surface area contributed by atoms with Crippen molar-refractivity contribution in [2.75, 3.05) is 13.2 Å². The van der Waals surface area contributed by atoms with Gasteiger partial charge in [0.25, 0.3) is 0 Å². The van der Waals surface area contributed by atoms with Crippen molar-refractivity contribution in [3.05, 3.63) is 23.3 Å². The second-order valence-corrected chi connectivity index (χ2v) is 5.30. The van der Waals surface area contributed by atoms with Gasteiger partial charge in [0.2, 0.25) is 0 Å². The largest absolute Gasteiger partial charge is 0.480 e. The number of aliphatic carboxylic acids is 1. The minimum Gasteiger partial charge on any atom is -0.480 e. The summed E-state index contributed by atoms with van der Waals surface area (Å²) in [6.07, 6.45) is 0.826. The van der Waals surface area contributed by atoms with Crippen molar-refractivity contribution in [3.8, 4) is 0 Å². The van der Waals surface area contributed by atoms with Crippen LogP contribution in [-0.4, -0.2) is 34.3 Å². The third-order valence-electron chi connectivity index (χ3n) is 3.06. The molecule has 2 heterocycles. The van der Waals surface area contributed by atoms with Gasteiger partial charge in [-0.25, -0.2) is 9.97 Å². The van der Waals surface area contributed by atoms with E-state index < -0.39 is 11.4 Å². The zero-order valence-electron chi connectivity index (χ0n) is 10.9. The van der Waals surface area contributed by atoms with Crippen molar-refractivity contribution in [2.45, 2.75) is 32.6 Å². The molecule has 0 unspecified atom stereocenters. The maximum absolute atomic E-state index is 11.4. The van der Waals surface area contributed by atoms with Crippen LogP contribution in [0.25, 0.3) is 0 Å². The number of carbonyl (C=O) groups is 1. The van der Waals surface area contributed by atoms with Gasteiger partial charge in [0.15, 0.2) is 11.2 Å². The quantitative estimate of drug-likeness (QED) is 0.873. The molecule has 18 heavy (non-hydrogen) atoms. The second kappa shape index (κ2) is 4.65. The molecule has 0 amide bonds. The highest BCUT2D eigenvalue weighted by atomic mass is 16.5. The molecule has 0 radical (unpaired) electrons. The fourth-order valence-electron chi connectivity index (χ4n) is 2.03. The Morgan fingerprint density at radius 3 is 2.61 bits per heavy atom. The van der Waals surface area contributed by atoms with Crippen molar-refractivity contribution < 1.29 is 14.6 Å². The fourth-order valence-corrected chi connectivity index (χ4v) is 2.03. The Balaban J connectivity index is 2.38. The summed E-state index contributed by atoms with van der Waals surface area (Å²) in [5.74, 6) is -0.0442. The average molecular weight is 250 g/mol. The molecule has 0 saturated carbocycles. The molecule has 98 valence electrons. The third kappa shape index (κ3) is 2.22.